The number of anilines is 1. The number of aromatic nitrogens is 3. The van der Waals surface area contributed by atoms with E-state index in [-0.39, 0.29) is 36.7 Å². The highest BCUT2D eigenvalue weighted by Crippen LogP contribution is 2.41. The maximum Gasteiger partial charge on any atom is 0.417 e. The van der Waals surface area contributed by atoms with Crippen molar-refractivity contribution in [3.05, 3.63) is 150 Å². The molecule has 4 heterocycles. The Hall–Kier alpha value is -6.30. The average Bonchev–Trinajstić information content (AvgIpc) is 3.83. The van der Waals surface area contributed by atoms with Gasteiger partial charge < -0.3 is 18.9 Å². The molecule has 294 valence electrons. The van der Waals surface area contributed by atoms with E-state index in [9.17, 15) is 19.2 Å². The predicted octanol–water partition coefficient (Wildman–Crippen LogP) is 7.15. The minimum Gasteiger partial charge on any atom is -0.447 e. The van der Waals surface area contributed by atoms with Crippen molar-refractivity contribution < 1.29 is 28.7 Å². The normalized spacial score (nSPS) is 17.1. The SMILES string of the molecule is CC(C)(C)OC(=O)Nc1ccc(C[C@@H](C(=O)N2C(=O)OC[C@H]2Cc2ccccc2)c2cn(CC(=O)N3CCC(c4ccccc4)(c4ccccc4)CC3)cn2)cn1. The lowest BCUT2D eigenvalue weighted by Gasteiger charge is -2.43. The average molecular weight is 769 g/mol. The van der Waals surface area contributed by atoms with Gasteiger partial charge in [-0.05, 0) is 74.8 Å². The number of cyclic esters (lactones) is 1. The number of pyridine rings is 1. The lowest BCUT2D eigenvalue weighted by atomic mass is 9.68. The number of benzene rings is 3. The fourth-order valence-electron chi connectivity index (χ4n) is 7.81. The number of piperidine rings is 1. The van der Waals surface area contributed by atoms with Crippen molar-refractivity contribution >= 4 is 29.8 Å². The predicted molar refractivity (Wildman–Crippen MR) is 214 cm³/mol. The summed E-state index contributed by atoms with van der Waals surface area (Å²) in [5, 5.41) is 2.62. The summed E-state index contributed by atoms with van der Waals surface area (Å²) in [5.74, 6) is -1.11. The second-order valence-electron chi connectivity index (χ2n) is 15.7. The van der Waals surface area contributed by atoms with Crippen LogP contribution in [0.4, 0.5) is 15.4 Å². The molecule has 0 bridgehead atoms. The molecule has 57 heavy (non-hydrogen) atoms. The quantitative estimate of drug-likeness (QED) is 0.150. The van der Waals surface area contributed by atoms with Crippen molar-refractivity contribution in [3.63, 3.8) is 0 Å². The molecule has 2 aromatic heterocycles. The van der Waals surface area contributed by atoms with E-state index in [1.807, 2.05) is 47.4 Å². The van der Waals surface area contributed by atoms with Gasteiger partial charge in [0.1, 0.15) is 24.6 Å². The van der Waals surface area contributed by atoms with E-state index < -0.39 is 35.7 Å². The maximum atomic E-state index is 14.5. The van der Waals surface area contributed by atoms with Crippen LogP contribution in [-0.4, -0.2) is 79.7 Å². The summed E-state index contributed by atoms with van der Waals surface area (Å²) in [7, 11) is 0. The number of carbonyl (C=O) groups excluding carboxylic acids is 4. The third-order valence-corrected chi connectivity index (χ3v) is 10.7. The van der Waals surface area contributed by atoms with Crippen molar-refractivity contribution in [2.24, 2.45) is 0 Å². The lowest BCUT2D eigenvalue weighted by Crippen LogP contribution is -2.46. The summed E-state index contributed by atoms with van der Waals surface area (Å²) in [5.41, 5.74) is 3.68. The number of rotatable bonds is 11. The highest BCUT2D eigenvalue weighted by Gasteiger charge is 2.42. The Kier molecular flexibility index (Phi) is 11.5. The molecular weight excluding hydrogens is 721 g/mol. The number of imide groups is 1. The molecule has 12 heteroatoms. The molecule has 3 aromatic carbocycles. The Labute approximate surface area is 332 Å². The molecule has 1 N–H and O–H groups in total. The molecule has 5 aromatic rings. The van der Waals surface area contributed by atoms with Gasteiger partial charge in [0.25, 0.3) is 0 Å². The molecule has 7 rings (SSSR count). The van der Waals surface area contributed by atoms with Crippen LogP contribution >= 0.6 is 0 Å². The number of ether oxygens (including phenoxy) is 2. The number of likely N-dealkylation sites (tertiary alicyclic amines) is 1. The first-order valence-electron chi connectivity index (χ1n) is 19.4. The van der Waals surface area contributed by atoms with Crippen molar-refractivity contribution in [2.75, 3.05) is 25.0 Å². The van der Waals surface area contributed by atoms with Crippen LogP contribution in [0.3, 0.4) is 0 Å². The minimum absolute atomic E-state index is 0.0418. The molecule has 0 unspecified atom stereocenters. The summed E-state index contributed by atoms with van der Waals surface area (Å²) < 4.78 is 12.5. The molecule has 4 amide bonds. The van der Waals surface area contributed by atoms with Gasteiger partial charge in [0.2, 0.25) is 11.8 Å². The van der Waals surface area contributed by atoms with E-state index in [2.05, 4.69) is 63.8 Å². The minimum atomic E-state index is -0.899. The van der Waals surface area contributed by atoms with Crippen molar-refractivity contribution in [3.8, 4) is 0 Å². The van der Waals surface area contributed by atoms with Gasteiger partial charge >= 0.3 is 12.2 Å². The van der Waals surface area contributed by atoms with Crippen molar-refractivity contribution in [2.45, 2.75) is 76.0 Å². The second-order valence-corrected chi connectivity index (χ2v) is 15.7. The van der Waals surface area contributed by atoms with Crippen molar-refractivity contribution in [1.29, 1.82) is 0 Å². The van der Waals surface area contributed by atoms with Gasteiger partial charge in [-0.15, -0.1) is 0 Å². The first kappa shape index (κ1) is 39.0. The molecule has 2 saturated heterocycles. The Morgan fingerprint density at radius 1 is 0.860 bits per heavy atom. The summed E-state index contributed by atoms with van der Waals surface area (Å²) in [6.07, 6.45) is 5.66. The third-order valence-electron chi connectivity index (χ3n) is 10.7. The molecule has 12 nitrogen and oxygen atoms in total. The van der Waals surface area contributed by atoms with E-state index in [1.54, 1.807) is 56.2 Å². The number of hydrogen-bond donors (Lipinski definition) is 1. The number of nitrogens with one attached hydrogen (secondary N) is 1. The first-order chi connectivity index (χ1) is 27.5. The summed E-state index contributed by atoms with van der Waals surface area (Å²) >= 11 is 0. The molecule has 2 aliphatic rings. The number of amides is 4. The summed E-state index contributed by atoms with van der Waals surface area (Å²) in [6, 6.07) is 33.5. The lowest BCUT2D eigenvalue weighted by molar-refractivity contribution is -0.133. The Morgan fingerprint density at radius 2 is 1.49 bits per heavy atom. The number of nitrogens with zero attached hydrogens (tertiary/aromatic N) is 5. The largest absolute Gasteiger partial charge is 0.447 e. The van der Waals surface area contributed by atoms with E-state index in [0.29, 0.717) is 30.8 Å². The molecule has 0 radical (unpaired) electrons. The van der Waals surface area contributed by atoms with Gasteiger partial charge in [0, 0.05) is 30.9 Å². The van der Waals surface area contributed by atoms with Crippen molar-refractivity contribution in [1.82, 2.24) is 24.3 Å². The van der Waals surface area contributed by atoms with Crippen LogP contribution in [-0.2, 0) is 43.9 Å². The van der Waals surface area contributed by atoms with Crippen LogP contribution in [0, 0.1) is 0 Å². The molecule has 2 fully saturated rings. The van der Waals surface area contributed by atoms with Gasteiger partial charge in [-0.2, -0.15) is 0 Å². The van der Waals surface area contributed by atoms with Crippen LogP contribution in [0.15, 0.2) is 122 Å². The molecule has 0 spiro atoms. The van der Waals surface area contributed by atoms with E-state index in [0.717, 1.165) is 18.4 Å². The second kappa shape index (κ2) is 16.8. The van der Waals surface area contributed by atoms with E-state index >= 15 is 0 Å². The molecule has 2 aliphatic heterocycles. The number of carbonyl (C=O) groups is 4. The fraction of sp³-hybridized carbons (Fsp3) is 0.333. The summed E-state index contributed by atoms with van der Waals surface area (Å²) in [4.78, 5) is 65.9. The zero-order chi connectivity index (χ0) is 40.0. The number of imidazole rings is 1. The zero-order valence-corrected chi connectivity index (χ0v) is 32.5. The topological polar surface area (TPSA) is 136 Å². The maximum absolute atomic E-state index is 14.5. The molecular formula is C45H48N6O6. The molecule has 0 saturated carbocycles. The van der Waals surface area contributed by atoms with Gasteiger partial charge in [-0.1, -0.05) is 97.1 Å². The zero-order valence-electron chi connectivity index (χ0n) is 32.5. The monoisotopic (exact) mass is 768 g/mol. The van der Waals surface area contributed by atoms with Crippen LogP contribution < -0.4 is 5.32 Å². The van der Waals surface area contributed by atoms with Crippen LogP contribution in [0.1, 0.15) is 67.5 Å². The van der Waals surface area contributed by atoms with E-state index in [4.69, 9.17) is 9.47 Å². The highest BCUT2D eigenvalue weighted by atomic mass is 16.6. The Bertz CT molecular complexity index is 2120. The highest BCUT2D eigenvalue weighted by molar-refractivity contribution is 5.97. The fourth-order valence-corrected chi connectivity index (χ4v) is 7.81. The summed E-state index contributed by atoms with van der Waals surface area (Å²) in [6.45, 7) is 6.63. The van der Waals surface area contributed by atoms with E-state index in [1.165, 1.54) is 16.0 Å². The van der Waals surface area contributed by atoms with Gasteiger partial charge in [0.05, 0.1) is 24.0 Å². The molecule has 0 aliphatic carbocycles. The van der Waals surface area contributed by atoms with Crippen LogP contribution in [0.5, 0.6) is 0 Å². The van der Waals surface area contributed by atoms with Crippen LogP contribution in [0.25, 0.3) is 0 Å². The van der Waals surface area contributed by atoms with Crippen LogP contribution in [0.2, 0.25) is 0 Å². The Balaban J connectivity index is 1.08. The smallest absolute Gasteiger partial charge is 0.417 e. The number of hydrogen-bond acceptors (Lipinski definition) is 8. The van der Waals surface area contributed by atoms with Gasteiger partial charge in [0.15, 0.2) is 0 Å². The third kappa shape index (κ3) is 9.23. The van der Waals surface area contributed by atoms with Gasteiger partial charge in [-0.25, -0.2) is 24.5 Å². The van der Waals surface area contributed by atoms with Gasteiger partial charge in [-0.3, -0.25) is 14.9 Å². The Morgan fingerprint density at radius 3 is 2.09 bits per heavy atom. The standard InChI is InChI=1S/C45H48N6O6/c1-44(2,3)57-42(54)48-39-20-19-33(27-46-39)26-37(41(53)51-36(30-56-43(51)55)25-32-13-7-4-8-14-32)38-28-49(31-47-38)29-40(52)50-23-21-45(22-24-50,34-15-9-5-10-16-34)35-17-11-6-12-18-35/h4-20,27-28,31,36-37H,21-26,29-30H2,1-3H3,(H,46,48,54)/t36-,37-/m1/s1. The first-order valence-corrected chi connectivity index (χ1v) is 19.4. The molecule has 2 atom stereocenters.